The monoisotopic (exact) mass is 294 g/mol. The summed E-state index contributed by atoms with van der Waals surface area (Å²) < 4.78 is 27.7. The van der Waals surface area contributed by atoms with Crippen LogP contribution in [0.4, 0.5) is 14.5 Å². The minimum Gasteiger partial charge on any atom is -0.396 e. The first kappa shape index (κ1) is 15.0. The van der Waals surface area contributed by atoms with Crippen LogP contribution < -0.4 is 5.73 Å². The number of aromatic nitrogens is 2. The molecular weight excluding hydrogens is 278 g/mol. The van der Waals surface area contributed by atoms with Crippen LogP contribution in [0.1, 0.15) is 29.0 Å². The van der Waals surface area contributed by atoms with Crippen LogP contribution in [-0.2, 0) is 7.05 Å². The van der Waals surface area contributed by atoms with Gasteiger partial charge >= 0.3 is 0 Å². The maximum atomic E-state index is 13.3. The smallest absolute Gasteiger partial charge is 0.276 e. The number of carbonyl (C=O) groups is 1. The third kappa shape index (κ3) is 2.86. The average Bonchev–Trinajstić information content (AvgIpc) is 2.78. The van der Waals surface area contributed by atoms with Gasteiger partial charge in [-0.1, -0.05) is 6.07 Å². The molecule has 7 heteroatoms. The number of aryl methyl sites for hydroxylation is 1. The minimum absolute atomic E-state index is 0.134. The number of hydrogen-bond donors (Lipinski definition) is 1. The van der Waals surface area contributed by atoms with Crippen molar-refractivity contribution < 1.29 is 13.6 Å². The van der Waals surface area contributed by atoms with Crippen molar-refractivity contribution in [3.63, 3.8) is 0 Å². The quantitative estimate of drug-likeness (QED) is 0.943. The second-order valence-corrected chi connectivity index (χ2v) is 4.87. The van der Waals surface area contributed by atoms with Gasteiger partial charge in [0.25, 0.3) is 5.91 Å². The third-order valence-corrected chi connectivity index (χ3v) is 3.39. The lowest BCUT2D eigenvalue weighted by Gasteiger charge is -2.24. The van der Waals surface area contributed by atoms with Crippen LogP contribution in [0, 0.1) is 11.6 Å². The molecule has 0 spiro atoms. The summed E-state index contributed by atoms with van der Waals surface area (Å²) in [6.45, 7) is 1.71. The van der Waals surface area contributed by atoms with E-state index < -0.39 is 17.7 Å². The van der Waals surface area contributed by atoms with Gasteiger partial charge in [0.1, 0.15) is 0 Å². The molecule has 1 aromatic heterocycles. The Hall–Kier alpha value is -2.44. The fraction of sp³-hybridized carbons (Fsp3) is 0.286. The summed E-state index contributed by atoms with van der Waals surface area (Å²) in [7, 11) is 3.22. The number of rotatable bonds is 3. The van der Waals surface area contributed by atoms with E-state index in [1.165, 1.54) is 21.8 Å². The minimum atomic E-state index is -0.947. The van der Waals surface area contributed by atoms with Crippen molar-refractivity contribution in [1.29, 1.82) is 0 Å². The number of carbonyl (C=O) groups excluding carboxylic acids is 1. The lowest BCUT2D eigenvalue weighted by molar-refractivity contribution is 0.0736. The van der Waals surface area contributed by atoms with E-state index in [9.17, 15) is 13.6 Å². The van der Waals surface area contributed by atoms with Crippen molar-refractivity contribution in [2.45, 2.75) is 13.0 Å². The van der Waals surface area contributed by atoms with Crippen LogP contribution in [0.2, 0.25) is 0 Å². The molecule has 1 unspecified atom stereocenters. The van der Waals surface area contributed by atoms with Gasteiger partial charge < -0.3 is 10.6 Å². The van der Waals surface area contributed by atoms with Gasteiger partial charge in [-0.05, 0) is 24.6 Å². The van der Waals surface area contributed by atoms with Crippen LogP contribution in [0.5, 0.6) is 0 Å². The number of amides is 1. The molecule has 2 N–H and O–H groups in total. The van der Waals surface area contributed by atoms with Gasteiger partial charge in [-0.3, -0.25) is 9.48 Å². The molecule has 1 atom stereocenters. The molecule has 1 heterocycles. The van der Waals surface area contributed by atoms with Gasteiger partial charge in [0.15, 0.2) is 17.3 Å². The first-order valence-corrected chi connectivity index (χ1v) is 6.32. The van der Waals surface area contributed by atoms with Gasteiger partial charge in [-0.25, -0.2) is 8.78 Å². The van der Waals surface area contributed by atoms with E-state index in [4.69, 9.17) is 5.73 Å². The normalized spacial score (nSPS) is 12.2. The van der Waals surface area contributed by atoms with Gasteiger partial charge in [0, 0.05) is 20.3 Å². The largest absolute Gasteiger partial charge is 0.396 e. The Bertz CT molecular complexity index is 684. The van der Waals surface area contributed by atoms with E-state index in [-0.39, 0.29) is 17.3 Å². The predicted molar refractivity (Wildman–Crippen MR) is 74.5 cm³/mol. The zero-order valence-corrected chi connectivity index (χ0v) is 12.0. The first-order valence-electron chi connectivity index (χ1n) is 6.32. The predicted octanol–water partition coefficient (Wildman–Crippen LogP) is 2.11. The Kier molecular flexibility index (Phi) is 3.93. The van der Waals surface area contributed by atoms with E-state index >= 15 is 0 Å². The molecule has 0 saturated heterocycles. The fourth-order valence-corrected chi connectivity index (χ4v) is 2.01. The topological polar surface area (TPSA) is 64.2 Å². The zero-order valence-electron chi connectivity index (χ0n) is 12.0. The van der Waals surface area contributed by atoms with E-state index in [0.29, 0.717) is 5.56 Å². The lowest BCUT2D eigenvalue weighted by atomic mass is 10.1. The van der Waals surface area contributed by atoms with Crippen LogP contribution in [-0.4, -0.2) is 27.6 Å². The van der Waals surface area contributed by atoms with Crippen molar-refractivity contribution in [2.75, 3.05) is 12.8 Å². The SMILES string of the molecule is CC(c1ccc(F)c(F)c1)N(C)C(=O)c1nn(C)cc1N. The Morgan fingerprint density at radius 3 is 2.57 bits per heavy atom. The Morgan fingerprint density at radius 1 is 1.38 bits per heavy atom. The molecule has 0 bridgehead atoms. The summed E-state index contributed by atoms with van der Waals surface area (Å²) >= 11 is 0. The van der Waals surface area contributed by atoms with E-state index in [2.05, 4.69) is 5.10 Å². The van der Waals surface area contributed by atoms with E-state index in [1.807, 2.05) is 0 Å². The van der Waals surface area contributed by atoms with E-state index in [0.717, 1.165) is 12.1 Å². The Balaban J connectivity index is 2.26. The number of nitrogens with zero attached hydrogens (tertiary/aromatic N) is 3. The standard InChI is InChI=1S/C14H16F2N4O/c1-8(9-4-5-10(15)11(16)6-9)20(3)14(21)13-12(17)7-19(2)18-13/h4-8H,17H2,1-3H3. The molecule has 0 aliphatic heterocycles. The number of nitrogens with two attached hydrogens (primary N) is 1. The molecule has 0 aliphatic carbocycles. The maximum absolute atomic E-state index is 13.3. The van der Waals surface area contributed by atoms with Crippen molar-refractivity contribution in [1.82, 2.24) is 14.7 Å². The molecule has 2 aromatic rings. The number of hydrogen-bond acceptors (Lipinski definition) is 3. The molecule has 1 amide bonds. The number of nitrogen functional groups attached to an aromatic ring is 1. The average molecular weight is 294 g/mol. The first-order chi connectivity index (χ1) is 9.81. The molecule has 0 saturated carbocycles. The maximum Gasteiger partial charge on any atom is 0.276 e. The van der Waals surface area contributed by atoms with Crippen molar-refractivity contribution >= 4 is 11.6 Å². The van der Waals surface area contributed by atoms with Crippen molar-refractivity contribution in [3.05, 3.63) is 47.3 Å². The molecule has 2 rings (SSSR count). The van der Waals surface area contributed by atoms with Gasteiger partial charge in [-0.2, -0.15) is 5.10 Å². The van der Waals surface area contributed by atoms with E-state index in [1.54, 1.807) is 21.0 Å². The highest BCUT2D eigenvalue weighted by atomic mass is 19.2. The Morgan fingerprint density at radius 2 is 2.05 bits per heavy atom. The molecule has 0 aliphatic rings. The summed E-state index contributed by atoms with van der Waals surface area (Å²) in [6.07, 6.45) is 1.53. The van der Waals surface area contributed by atoms with Crippen LogP contribution in [0.15, 0.2) is 24.4 Å². The molecule has 21 heavy (non-hydrogen) atoms. The second-order valence-electron chi connectivity index (χ2n) is 4.87. The van der Waals surface area contributed by atoms with Crippen molar-refractivity contribution in [2.24, 2.45) is 7.05 Å². The molecule has 1 aromatic carbocycles. The van der Waals surface area contributed by atoms with Gasteiger partial charge in [0.05, 0.1) is 11.7 Å². The molecule has 112 valence electrons. The summed E-state index contributed by atoms with van der Waals surface area (Å²) in [5.74, 6) is -2.25. The van der Waals surface area contributed by atoms with Gasteiger partial charge in [-0.15, -0.1) is 0 Å². The number of anilines is 1. The van der Waals surface area contributed by atoms with Crippen molar-refractivity contribution in [3.8, 4) is 0 Å². The summed E-state index contributed by atoms with van der Waals surface area (Å²) in [6, 6.07) is 3.10. The second kappa shape index (κ2) is 5.51. The Labute approximate surface area is 121 Å². The lowest BCUT2D eigenvalue weighted by Crippen LogP contribution is -2.30. The molecule has 0 radical (unpaired) electrons. The third-order valence-electron chi connectivity index (χ3n) is 3.39. The fourth-order valence-electron chi connectivity index (χ4n) is 2.01. The summed E-state index contributed by atoms with van der Waals surface area (Å²) in [4.78, 5) is 13.7. The highest BCUT2D eigenvalue weighted by molar-refractivity contribution is 5.97. The molecule has 5 nitrogen and oxygen atoms in total. The molecular formula is C14H16F2N4O. The summed E-state index contributed by atoms with van der Waals surface area (Å²) in [5, 5.41) is 4.01. The molecule has 0 fully saturated rings. The van der Waals surface area contributed by atoms with Crippen LogP contribution in [0.25, 0.3) is 0 Å². The van der Waals surface area contributed by atoms with Gasteiger partial charge in [0.2, 0.25) is 0 Å². The number of benzene rings is 1. The van der Waals surface area contributed by atoms with Crippen LogP contribution in [0.3, 0.4) is 0 Å². The summed E-state index contributed by atoms with van der Waals surface area (Å²) in [5.41, 5.74) is 6.61. The highest BCUT2D eigenvalue weighted by Gasteiger charge is 2.23. The zero-order chi connectivity index (χ0) is 15.7. The highest BCUT2D eigenvalue weighted by Crippen LogP contribution is 2.23. The van der Waals surface area contributed by atoms with Crippen LogP contribution >= 0.6 is 0 Å². The number of halogens is 2.